The number of allylic oxidation sites excluding steroid dienone is 2. The molecule has 1 heterocycles. The molecule has 1 aromatic rings. The number of imide groups is 1. The quantitative estimate of drug-likeness (QED) is 0.425. The molecule has 1 aromatic carbocycles. The zero-order chi connectivity index (χ0) is 21.0. The molecule has 2 atom stereocenters. The molecule has 8 heteroatoms. The fourth-order valence-electron chi connectivity index (χ4n) is 3.55. The predicted octanol–water partition coefficient (Wildman–Crippen LogP) is 1.58. The number of hydrogen-bond donors (Lipinski definition) is 1. The van der Waals surface area contributed by atoms with Crippen LogP contribution in [0.5, 0.6) is 0 Å². The van der Waals surface area contributed by atoms with E-state index < -0.39 is 18.5 Å². The second-order valence-corrected chi connectivity index (χ2v) is 7.38. The van der Waals surface area contributed by atoms with Gasteiger partial charge >= 0.3 is 5.97 Å². The molecule has 2 aliphatic rings. The number of esters is 1. The van der Waals surface area contributed by atoms with Crippen molar-refractivity contribution in [2.24, 2.45) is 11.8 Å². The summed E-state index contributed by atoms with van der Waals surface area (Å²) in [4.78, 5) is 51.7. The van der Waals surface area contributed by atoms with Gasteiger partial charge in [-0.1, -0.05) is 12.2 Å². The van der Waals surface area contributed by atoms with Crippen molar-refractivity contribution in [2.45, 2.75) is 19.3 Å². The van der Waals surface area contributed by atoms with Gasteiger partial charge in [-0.3, -0.25) is 24.1 Å². The van der Waals surface area contributed by atoms with Crippen molar-refractivity contribution in [3.05, 3.63) is 36.4 Å². The van der Waals surface area contributed by atoms with Crippen LogP contribution in [0.2, 0.25) is 0 Å². The summed E-state index contributed by atoms with van der Waals surface area (Å²) < 4.78 is 4.97. The first-order chi connectivity index (χ1) is 13.9. The zero-order valence-electron chi connectivity index (χ0n) is 16.6. The van der Waals surface area contributed by atoms with E-state index in [4.69, 9.17) is 4.74 Å². The summed E-state index contributed by atoms with van der Waals surface area (Å²) in [6.07, 6.45) is 4.82. The van der Waals surface area contributed by atoms with Crippen LogP contribution in [0.15, 0.2) is 36.4 Å². The Morgan fingerprint density at radius 3 is 2.21 bits per heavy atom. The highest BCUT2D eigenvalue weighted by molar-refractivity contribution is 6.05. The second-order valence-electron chi connectivity index (χ2n) is 7.38. The number of amides is 3. The third kappa shape index (κ3) is 4.82. The molecule has 1 N–H and O–H groups in total. The van der Waals surface area contributed by atoms with Crippen molar-refractivity contribution in [1.82, 2.24) is 4.90 Å². The predicted molar refractivity (Wildman–Crippen MR) is 107 cm³/mol. The van der Waals surface area contributed by atoms with Gasteiger partial charge < -0.3 is 15.0 Å². The minimum atomic E-state index is -0.628. The molecule has 0 bridgehead atoms. The lowest BCUT2D eigenvalue weighted by molar-refractivity contribution is -0.148. The Morgan fingerprint density at radius 2 is 1.66 bits per heavy atom. The lowest BCUT2D eigenvalue weighted by Crippen LogP contribution is -2.33. The molecule has 0 aromatic heterocycles. The van der Waals surface area contributed by atoms with Crippen molar-refractivity contribution in [3.8, 4) is 0 Å². The molecule has 1 aliphatic heterocycles. The van der Waals surface area contributed by atoms with Gasteiger partial charge in [0.25, 0.3) is 5.91 Å². The Balaban J connectivity index is 1.41. The molecular formula is C21H25N3O5. The van der Waals surface area contributed by atoms with Gasteiger partial charge in [0.2, 0.25) is 11.8 Å². The topological polar surface area (TPSA) is 96.0 Å². The number of nitrogens with one attached hydrogen (secondary N) is 1. The zero-order valence-corrected chi connectivity index (χ0v) is 16.6. The molecule has 3 amide bonds. The molecule has 8 nitrogen and oxygen atoms in total. The van der Waals surface area contributed by atoms with Crippen LogP contribution in [0.1, 0.15) is 19.3 Å². The lowest BCUT2D eigenvalue weighted by atomic mass is 9.85. The Kier molecular flexibility index (Phi) is 6.31. The van der Waals surface area contributed by atoms with Gasteiger partial charge in [0.15, 0.2) is 6.61 Å². The maximum atomic E-state index is 12.3. The van der Waals surface area contributed by atoms with Crippen molar-refractivity contribution >= 4 is 35.1 Å². The average molecular weight is 399 g/mol. The van der Waals surface area contributed by atoms with E-state index in [2.05, 4.69) is 5.32 Å². The van der Waals surface area contributed by atoms with Gasteiger partial charge in [0.05, 0.1) is 18.3 Å². The number of anilines is 2. The van der Waals surface area contributed by atoms with Crippen molar-refractivity contribution < 1.29 is 23.9 Å². The largest absolute Gasteiger partial charge is 0.456 e. The van der Waals surface area contributed by atoms with E-state index in [1.165, 1.54) is 0 Å². The second kappa shape index (κ2) is 8.89. The standard InChI is InChI=1S/C21H25N3O5/c1-23(2)15-9-7-14(8-10-15)22-18(25)13-29-19(26)11-12-24-20(27)16-5-3-4-6-17(16)21(24)28/h3-4,7-10,16-17H,5-6,11-13H2,1-2H3,(H,22,25)/t16-,17-/m0/s1. The number of hydrogen-bond acceptors (Lipinski definition) is 6. The molecule has 0 saturated carbocycles. The normalized spacial score (nSPS) is 20.4. The number of benzene rings is 1. The van der Waals surface area contributed by atoms with Crippen LogP contribution in [-0.4, -0.2) is 55.8 Å². The Bertz CT molecular complexity index is 805. The van der Waals surface area contributed by atoms with E-state index in [0.717, 1.165) is 10.6 Å². The summed E-state index contributed by atoms with van der Waals surface area (Å²) in [6.45, 7) is -0.442. The van der Waals surface area contributed by atoms with Crippen LogP contribution in [-0.2, 0) is 23.9 Å². The lowest BCUT2D eigenvalue weighted by Gasteiger charge is -2.14. The molecule has 3 rings (SSSR count). The summed E-state index contributed by atoms with van der Waals surface area (Å²) in [7, 11) is 3.84. The SMILES string of the molecule is CN(C)c1ccc(NC(=O)COC(=O)CCN2C(=O)[C@H]3CC=CC[C@@H]3C2=O)cc1. The highest BCUT2D eigenvalue weighted by Crippen LogP contribution is 2.35. The first kappa shape index (κ1) is 20.6. The molecular weight excluding hydrogens is 374 g/mol. The number of fused-ring (bicyclic) bond motifs is 1. The first-order valence-corrected chi connectivity index (χ1v) is 9.60. The number of ether oxygens (including phenoxy) is 1. The Morgan fingerprint density at radius 1 is 1.07 bits per heavy atom. The van der Waals surface area contributed by atoms with Crippen LogP contribution in [0, 0.1) is 11.8 Å². The number of rotatable bonds is 7. The molecule has 29 heavy (non-hydrogen) atoms. The summed E-state index contributed by atoms with van der Waals surface area (Å²) >= 11 is 0. The van der Waals surface area contributed by atoms with Gasteiger partial charge in [-0.15, -0.1) is 0 Å². The van der Waals surface area contributed by atoms with E-state index in [9.17, 15) is 19.2 Å². The molecule has 0 radical (unpaired) electrons. The molecule has 0 spiro atoms. The molecule has 1 aliphatic carbocycles. The van der Waals surface area contributed by atoms with Gasteiger partial charge in [-0.05, 0) is 37.1 Å². The minimum absolute atomic E-state index is 0.0167. The number of carbonyl (C=O) groups excluding carboxylic acids is 4. The number of likely N-dealkylation sites (tertiary alicyclic amines) is 1. The molecule has 154 valence electrons. The van der Waals surface area contributed by atoms with Crippen molar-refractivity contribution in [2.75, 3.05) is 37.5 Å². The van der Waals surface area contributed by atoms with Crippen LogP contribution in [0.4, 0.5) is 11.4 Å². The van der Waals surface area contributed by atoms with E-state index >= 15 is 0 Å². The Labute approximate surface area is 169 Å². The van der Waals surface area contributed by atoms with E-state index in [0.29, 0.717) is 18.5 Å². The summed E-state index contributed by atoms with van der Waals surface area (Å²) in [5.74, 6) is -2.16. The van der Waals surface area contributed by atoms with Gasteiger partial charge in [0.1, 0.15) is 0 Å². The van der Waals surface area contributed by atoms with Gasteiger partial charge in [-0.25, -0.2) is 0 Å². The fourth-order valence-corrected chi connectivity index (χ4v) is 3.55. The first-order valence-electron chi connectivity index (χ1n) is 9.60. The summed E-state index contributed by atoms with van der Waals surface area (Å²) in [6, 6.07) is 7.24. The van der Waals surface area contributed by atoms with Crippen LogP contribution in [0.25, 0.3) is 0 Å². The van der Waals surface area contributed by atoms with E-state index in [1.54, 1.807) is 12.1 Å². The third-order valence-electron chi connectivity index (χ3n) is 5.17. The maximum absolute atomic E-state index is 12.3. The third-order valence-corrected chi connectivity index (χ3v) is 5.17. The molecule has 0 unspecified atom stereocenters. The molecule has 1 saturated heterocycles. The Hall–Kier alpha value is -3.16. The van der Waals surface area contributed by atoms with Crippen molar-refractivity contribution in [1.29, 1.82) is 0 Å². The average Bonchev–Trinajstić information content (AvgIpc) is 2.95. The fraction of sp³-hybridized carbons (Fsp3) is 0.429. The van der Waals surface area contributed by atoms with Crippen LogP contribution < -0.4 is 10.2 Å². The monoisotopic (exact) mass is 399 g/mol. The van der Waals surface area contributed by atoms with E-state index in [1.807, 2.05) is 43.3 Å². The minimum Gasteiger partial charge on any atom is -0.456 e. The molecule has 1 fully saturated rings. The van der Waals surface area contributed by atoms with Crippen molar-refractivity contribution in [3.63, 3.8) is 0 Å². The highest BCUT2D eigenvalue weighted by Gasteiger charge is 2.46. The van der Waals surface area contributed by atoms with E-state index in [-0.39, 0.29) is 36.6 Å². The van der Waals surface area contributed by atoms with Gasteiger partial charge in [-0.2, -0.15) is 0 Å². The summed E-state index contributed by atoms with van der Waals surface area (Å²) in [5.41, 5.74) is 1.59. The number of nitrogens with zero attached hydrogens (tertiary/aromatic N) is 2. The number of carbonyl (C=O) groups is 4. The van der Waals surface area contributed by atoms with Crippen LogP contribution in [0.3, 0.4) is 0 Å². The smallest absolute Gasteiger partial charge is 0.308 e. The van der Waals surface area contributed by atoms with Crippen LogP contribution >= 0.6 is 0 Å². The van der Waals surface area contributed by atoms with Gasteiger partial charge in [0, 0.05) is 32.0 Å². The summed E-state index contributed by atoms with van der Waals surface area (Å²) in [5, 5.41) is 2.65. The maximum Gasteiger partial charge on any atom is 0.308 e. The highest BCUT2D eigenvalue weighted by atomic mass is 16.5.